The van der Waals surface area contributed by atoms with Crippen molar-refractivity contribution in [2.75, 3.05) is 12.8 Å². The zero-order chi connectivity index (χ0) is 13.9. The number of anilines is 1. The summed E-state index contributed by atoms with van der Waals surface area (Å²) >= 11 is 0. The van der Waals surface area contributed by atoms with Crippen LogP contribution in [0.25, 0.3) is 0 Å². The van der Waals surface area contributed by atoms with Gasteiger partial charge in [-0.3, -0.25) is 4.98 Å². The first-order chi connectivity index (χ1) is 8.30. The predicted molar refractivity (Wildman–Crippen MR) is 54.6 cm³/mol. The van der Waals surface area contributed by atoms with Crippen molar-refractivity contribution >= 4 is 11.7 Å². The third-order valence-electron chi connectivity index (χ3n) is 1.94. The van der Waals surface area contributed by atoms with Gasteiger partial charge in [0.25, 0.3) is 0 Å². The van der Waals surface area contributed by atoms with Crippen LogP contribution in [-0.4, -0.2) is 24.4 Å². The lowest BCUT2D eigenvalue weighted by molar-refractivity contribution is -0.275. The second-order valence-electron chi connectivity index (χ2n) is 3.11. The van der Waals surface area contributed by atoms with Crippen LogP contribution in [-0.2, 0) is 11.3 Å². The lowest BCUT2D eigenvalue weighted by Crippen LogP contribution is -2.22. The normalized spacial score (nSPS) is 11.2. The molecule has 1 aromatic heterocycles. The maximum absolute atomic E-state index is 12.3. The summed E-state index contributed by atoms with van der Waals surface area (Å²) in [7, 11) is 1.00. The summed E-state index contributed by atoms with van der Waals surface area (Å²) in [5.74, 6) is -1.90. The highest BCUT2D eigenvalue weighted by atomic mass is 19.4. The molecule has 0 saturated carbocycles. The molecule has 0 saturated heterocycles. The second-order valence-corrected chi connectivity index (χ2v) is 3.11. The zero-order valence-electron chi connectivity index (χ0n) is 9.25. The molecule has 0 aromatic carbocycles. The van der Waals surface area contributed by atoms with Crippen molar-refractivity contribution in [1.29, 1.82) is 0 Å². The van der Waals surface area contributed by atoms with Gasteiger partial charge in [-0.2, -0.15) is 0 Å². The number of nitrogens with two attached hydrogens (primary N) is 2. The monoisotopic (exact) mass is 265 g/mol. The molecule has 4 N–H and O–H groups in total. The van der Waals surface area contributed by atoms with Crippen LogP contribution in [0.2, 0.25) is 0 Å². The van der Waals surface area contributed by atoms with Gasteiger partial charge in [0.1, 0.15) is 5.56 Å². The summed E-state index contributed by atoms with van der Waals surface area (Å²) in [6.07, 6.45) is -3.99. The molecule has 0 amide bonds. The average Bonchev–Trinajstić information content (AvgIpc) is 2.27. The van der Waals surface area contributed by atoms with E-state index in [1.54, 1.807) is 0 Å². The Balaban J connectivity index is 3.41. The standard InChI is InChI=1S/C9H10F3N3O3/c1-17-8(16)6-4(14)3-15-5(2-13)7(6)18-9(10,11)12/h3H,2,13-14H2,1H3. The Morgan fingerprint density at radius 2 is 2.11 bits per heavy atom. The van der Waals surface area contributed by atoms with E-state index < -0.39 is 23.6 Å². The molecule has 0 radical (unpaired) electrons. The molecular weight excluding hydrogens is 255 g/mol. The average molecular weight is 265 g/mol. The van der Waals surface area contributed by atoms with Crippen molar-refractivity contribution in [3.8, 4) is 5.75 Å². The van der Waals surface area contributed by atoms with Gasteiger partial charge in [-0.1, -0.05) is 0 Å². The van der Waals surface area contributed by atoms with Gasteiger partial charge < -0.3 is 20.9 Å². The van der Waals surface area contributed by atoms with E-state index in [-0.39, 0.29) is 17.9 Å². The van der Waals surface area contributed by atoms with E-state index in [1.807, 2.05) is 0 Å². The molecule has 1 aromatic rings. The van der Waals surface area contributed by atoms with E-state index in [9.17, 15) is 18.0 Å². The largest absolute Gasteiger partial charge is 0.573 e. The van der Waals surface area contributed by atoms with Crippen LogP contribution >= 0.6 is 0 Å². The van der Waals surface area contributed by atoms with Gasteiger partial charge in [0.2, 0.25) is 0 Å². The summed E-state index contributed by atoms with van der Waals surface area (Å²) in [4.78, 5) is 15.0. The van der Waals surface area contributed by atoms with Gasteiger partial charge in [-0.25, -0.2) is 4.79 Å². The van der Waals surface area contributed by atoms with Crippen molar-refractivity contribution in [3.63, 3.8) is 0 Å². The highest BCUT2D eigenvalue weighted by Crippen LogP contribution is 2.32. The van der Waals surface area contributed by atoms with Crippen molar-refractivity contribution in [1.82, 2.24) is 4.98 Å². The summed E-state index contributed by atoms with van der Waals surface area (Å²) < 4.78 is 44.8. The van der Waals surface area contributed by atoms with Gasteiger partial charge in [-0.15, -0.1) is 13.2 Å². The number of carbonyl (C=O) groups is 1. The van der Waals surface area contributed by atoms with Crippen molar-refractivity contribution in [2.24, 2.45) is 5.73 Å². The van der Waals surface area contributed by atoms with E-state index in [0.29, 0.717) is 0 Å². The van der Waals surface area contributed by atoms with Crippen LogP contribution in [0.3, 0.4) is 0 Å². The predicted octanol–water partition coefficient (Wildman–Crippen LogP) is 0.808. The molecule has 1 heterocycles. The number of hydrogen-bond acceptors (Lipinski definition) is 6. The molecule has 9 heteroatoms. The lowest BCUT2D eigenvalue weighted by Gasteiger charge is -2.16. The van der Waals surface area contributed by atoms with Gasteiger partial charge in [-0.05, 0) is 0 Å². The molecule has 6 nitrogen and oxygen atoms in total. The summed E-state index contributed by atoms with van der Waals surface area (Å²) in [6.45, 7) is -0.352. The third-order valence-corrected chi connectivity index (χ3v) is 1.94. The Kier molecular flexibility index (Phi) is 3.96. The van der Waals surface area contributed by atoms with Crippen molar-refractivity contribution < 1.29 is 27.4 Å². The first-order valence-corrected chi connectivity index (χ1v) is 4.61. The van der Waals surface area contributed by atoms with Gasteiger partial charge in [0, 0.05) is 6.54 Å². The fourth-order valence-electron chi connectivity index (χ4n) is 1.23. The lowest BCUT2D eigenvalue weighted by atomic mass is 10.1. The number of nitrogen functional groups attached to an aromatic ring is 1. The number of pyridine rings is 1. The SMILES string of the molecule is COC(=O)c1c(N)cnc(CN)c1OC(F)(F)F. The smallest absolute Gasteiger partial charge is 0.465 e. The minimum Gasteiger partial charge on any atom is -0.465 e. The first-order valence-electron chi connectivity index (χ1n) is 4.61. The zero-order valence-corrected chi connectivity index (χ0v) is 9.25. The third kappa shape index (κ3) is 3.00. The van der Waals surface area contributed by atoms with Gasteiger partial charge >= 0.3 is 12.3 Å². The van der Waals surface area contributed by atoms with E-state index in [4.69, 9.17) is 11.5 Å². The van der Waals surface area contributed by atoms with Crippen LogP contribution in [0.4, 0.5) is 18.9 Å². The summed E-state index contributed by atoms with van der Waals surface area (Å²) in [5, 5.41) is 0. The molecule has 0 unspecified atom stereocenters. The summed E-state index contributed by atoms with van der Waals surface area (Å²) in [6, 6.07) is 0. The summed E-state index contributed by atoms with van der Waals surface area (Å²) in [5.41, 5.74) is 9.52. The molecular formula is C9H10F3N3O3. The minimum atomic E-state index is -5.00. The van der Waals surface area contributed by atoms with Crippen LogP contribution in [0.5, 0.6) is 5.75 Å². The number of carbonyl (C=O) groups excluding carboxylic acids is 1. The number of halogens is 3. The minimum absolute atomic E-state index is 0.248. The topological polar surface area (TPSA) is 100 Å². The van der Waals surface area contributed by atoms with E-state index in [1.165, 1.54) is 0 Å². The molecule has 0 aliphatic carbocycles. The van der Waals surface area contributed by atoms with Gasteiger partial charge in [0.05, 0.1) is 24.7 Å². The van der Waals surface area contributed by atoms with Gasteiger partial charge in [0.15, 0.2) is 5.75 Å². The molecule has 0 fully saturated rings. The van der Waals surface area contributed by atoms with Crippen LogP contribution in [0, 0.1) is 0 Å². The quantitative estimate of drug-likeness (QED) is 0.784. The highest BCUT2D eigenvalue weighted by Gasteiger charge is 2.35. The molecule has 0 aliphatic rings. The molecule has 0 aliphatic heterocycles. The number of methoxy groups -OCH3 is 1. The number of alkyl halides is 3. The number of rotatable bonds is 3. The van der Waals surface area contributed by atoms with Crippen molar-refractivity contribution in [3.05, 3.63) is 17.5 Å². The second kappa shape index (κ2) is 5.08. The van der Waals surface area contributed by atoms with E-state index in [2.05, 4.69) is 14.5 Å². The Morgan fingerprint density at radius 3 is 2.56 bits per heavy atom. The maximum atomic E-state index is 12.3. The number of nitrogens with zero attached hydrogens (tertiary/aromatic N) is 1. The van der Waals surface area contributed by atoms with Crippen LogP contribution < -0.4 is 16.2 Å². The molecule has 18 heavy (non-hydrogen) atoms. The number of ether oxygens (including phenoxy) is 2. The van der Waals surface area contributed by atoms with E-state index >= 15 is 0 Å². The maximum Gasteiger partial charge on any atom is 0.573 e. The Hall–Kier alpha value is -2.03. The number of esters is 1. The molecule has 0 spiro atoms. The number of hydrogen-bond donors (Lipinski definition) is 2. The van der Waals surface area contributed by atoms with Crippen LogP contribution in [0.15, 0.2) is 6.20 Å². The first kappa shape index (κ1) is 14.0. The fraction of sp³-hybridized carbons (Fsp3) is 0.333. The van der Waals surface area contributed by atoms with Crippen molar-refractivity contribution in [2.45, 2.75) is 12.9 Å². The molecule has 0 atom stereocenters. The fourth-order valence-corrected chi connectivity index (χ4v) is 1.23. The molecule has 1 rings (SSSR count). The Morgan fingerprint density at radius 1 is 1.50 bits per heavy atom. The van der Waals surface area contributed by atoms with Crippen LogP contribution in [0.1, 0.15) is 16.1 Å². The highest BCUT2D eigenvalue weighted by molar-refractivity contribution is 5.98. The van der Waals surface area contributed by atoms with E-state index in [0.717, 1.165) is 13.3 Å². The number of aromatic nitrogens is 1. The Bertz CT molecular complexity index is 462. The Labute approximate surface area is 99.7 Å². The molecule has 100 valence electrons. The molecule has 0 bridgehead atoms.